The van der Waals surface area contributed by atoms with E-state index in [1.165, 1.54) is 12.3 Å². The number of anilines is 1. The van der Waals surface area contributed by atoms with Crippen LogP contribution in [-0.2, 0) is 4.74 Å². The number of likely N-dealkylation sites (N-methyl/N-ethyl adjacent to an activating group) is 1. The number of rotatable bonds is 4. The lowest BCUT2D eigenvalue weighted by Crippen LogP contribution is -2.47. The first-order valence-corrected chi connectivity index (χ1v) is 6.64. The van der Waals surface area contributed by atoms with Crippen LogP contribution in [0.15, 0.2) is 12.3 Å². The monoisotopic (exact) mass is 282 g/mol. The van der Waals surface area contributed by atoms with Crippen molar-refractivity contribution >= 4 is 11.7 Å². The molecule has 1 atom stereocenters. The van der Waals surface area contributed by atoms with Gasteiger partial charge in [0.05, 0.1) is 18.3 Å². The van der Waals surface area contributed by atoms with E-state index in [4.69, 9.17) is 10.5 Å². The van der Waals surface area contributed by atoms with Crippen molar-refractivity contribution in [2.75, 3.05) is 38.5 Å². The number of halogens is 1. The molecule has 0 radical (unpaired) electrons. The molecule has 0 saturated carbocycles. The van der Waals surface area contributed by atoms with Crippen LogP contribution in [0.25, 0.3) is 0 Å². The van der Waals surface area contributed by atoms with Gasteiger partial charge in [-0.2, -0.15) is 0 Å². The topological polar surface area (TPSA) is 80.5 Å². The summed E-state index contributed by atoms with van der Waals surface area (Å²) in [4.78, 5) is 17.7. The van der Waals surface area contributed by atoms with Crippen molar-refractivity contribution < 1.29 is 13.9 Å². The molecule has 0 spiro atoms. The number of nitrogens with one attached hydrogen (secondary N) is 1. The Kier molecular flexibility index (Phi) is 4.86. The maximum atomic E-state index is 13.6. The average molecular weight is 282 g/mol. The van der Waals surface area contributed by atoms with Gasteiger partial charge in [-0.05, 0) is 12.6 Å². The summed E-state index contributed by atoms with van der Waals surface area (Å²) in [6.07, 6.45) is 1.23. The van der Waals surface area contributed by atoms with E-state index in [0.29, 0.717) is 13.2 Å². The zero-order chi connectivity index (χ0) is 14.5. The zero-order valence-corrected chi connectivity index (χ0v) is 11.4. The fourth-order valence-electron chi connectivity index (χ4n) is 2.13. The largest absolute Gasteiger partial charge is 0.381 e. The molecule has 1 unspecified atom stereocenters. The highest BCUT2D eigenvalue weighted by molar-refractivity contribution is 5.95. The quantitative estimate of drug-likeness (QED) is 0.827. The van der Waals surface area contributed by atoms with Gasteiger partial charge < -0.3 is 15.8 Å². The molecule has 7 heteroatoms. The second-order valence-electron chi connectivity index (χ2n) is 4.65. The van der Waals surface area contributed by atoms with Crippen molar-refractivity contribution in [2.24, 2.45) is 0 Å². The van der Waals surface area contributed by atoms with Gasteiger partial charge in [0, 0.05) is 25.8 Å². The molecular formula is C13H19FN4O2. The van der Waals surface area contributed by atoms with E-state index in [0.717, 1.165) is 19.6 Å². The molecule has 2 heterocycles. The molecule has 0 bridgehead atoms. The van der Waals surface area contributed by atoms with Crippen molar-refractivity contribution in [1.29, 1.82) is 0 Å². The Hall–Kier alpha value is -1.73. The number of aromatic nitrogens is 1. The predicted molar refractivity (Wildman–Crippen MR) is 72.8 cm³/mol. The highest BCUT2D eigenvalue weighted by Gasteiger charge is 2.21. The van der Waals surface area contributed by atoms with Crippen molar-refractivity contribution in [2.45, 2.75) is 13.0 Å². The molecule has 1 saturated heterocycles. The van der Waals surface area contributed by atoms with Crippen LogP contribution < -0.4 is 11.1 Å². The van der Waals surface area contributed by atoms with Crippen LogP contribution in [0, 0.1) is 5.82 Å². The Balaban J connectivity index is 1.90. The van der Waals surface area contributed by atoms with Gasteiger partial charge in [0.15, 0.2) is 11.6 Å². The molecule has 0 aromatic carbocycles. The fraction of sp³-hybridized carbons (Fsp3) is 0.538. The van der Waals surface area contributed by atoms with Gasteiger partial charge in [-0.15, -0.1) is 0 Å². The zero-order valence-electron chi connectivity index (χ0n) is 11.4. The van der Waals surface area contributed by atoms with Gasteiger partial charge in [-0.1, -0.05) is 6.92 Å². The number of carbonyl (C=O) groups excluding carboxylic acids is 1. The summed E-state index contributed by atoms with van der Waals surface area (Å²) >= 11 is 0. The summed E-state index contributed by atoms with van der Waals surface area (Å²) in [6, 6.07) is 1.31. The Morgan fingerprint density at radius 3 is 3.25 bits per heavy atom. The molecule has 1 aliphatic rings. The number of carbonyl (C=O) groups is 1. The molecule has 1 aromatic rings. The van der Waals surface area contributed by atoms with Crippen molar-refractivity contribution in [1.82, 2.24) is 15.2 Å². The van der Waals surface area contributed by atoms with Crippen LogP contribution in [0.4, 0.5) is 10.2 Å². The third-order valence-corrected chi connectivity index (χ3v) is 3.32. The van der Waals surface area contributed by atoms with Crippen molar-refractivity contribution in [3.05, 3.63) is 23.6 Å². The Morgan fingerprint density at radius 2 is 2.50 bits per heavy atom. The molecular weight excluding hydrogens is 263 g/mol. The third-order valence-electron chi connectivity index (χ3n) is 3.32. The van der Waals surface area contributed by atoms with E-state index in [1.807, 2.05) is 0 Å². The molecule has 110 valence electrons. The molecule has 1 amide bonds. The normalized spacial score (nSPS) is 19.8. The summed E-state index contributed by atoms with van der Waals surface area (Å²) in [7, 11) is 0. The van der Waals surface area contributed by atoms with E-state index in [-0.39, 0.29) is 17.5 Å². The molecule has 1 aromatic heterocycles. The highest BCUT2D eigenvalue weighted by Crippen LogP contribution is 2.11. The minimum Gasteiger partial charge on any atom is -0.381 e. The van der Waals surface area contributed by atoms with Crippen LogP contribution in [0.3, 0.4) is 0 Å². The van der Waals surface area contributed by atoms with Gasteiger partial charge in [-0.3, -0.25) is 9.69 Å². The van der Waals surface area contributed by atoms with Gasteiger partial charge in [-0.25, -0.2) is 9.37 Å². The Bertz CT molecular complexity index is 483. The Morgan fingerprint density at radius 1 is 1.70 bits per heavy atom. The Labute approximate surface area is 117 Å². The van der Waals surface area contributed by atoms with Gasteiger partial charge >= 0.3 is 0 Å². The van der Waals surface area contributed by atoms with Gasteiger partial charge in [0.1, 0.15) is 0 Å². The standard InChI is InChI=1S/C13H19FN4O2/c1-2-18-5-6-20-9(8-18)7-17-13(19)10-3-4-16-12(15)11(10)14/h3-4,9H,2,5-8H2,1H3,(H2,15,16)(H,17,19). The summed E-state index contributed by atoms with van der Waals surface area (Å²) in [5, 5.41) is 2.67. The summed E-state index contributed by atoms with van der Waals surface area (Å²) in [5.74, 6) is -1.57. The number of hydrogen-bond donors (Lipinski definition) is 2. The summed E-state index contributed by atoms with van der Waals surface area (Å²) < 4.78 is 19.2. The number of hydrogen-bond acceptors (Lipinski definition) is 5. The third kappa shape index (κ3) is 3.43. The van der Waals surface area contributed by atoms with E-state index in [1.54, 1.807) is 0 Å². The first-order valence-electron chi connectivity index (χ1n) is 6.64. The van der Waals surface area contributed by atoms with Crippen LogP contribution in [0.5, 0.6) is 0 Å². The van der Waals surface area contributed by atoms with Gasteiger partial charge in [0.25, 0.3) is 5.91 Å². The SMILES string of the molecule is CCN1CCOC(CNC(=O)c2ccnc(N)c2F)C1. The lowest BCUT2D eigenvalue weighted by molar-refractivity contribution is -0.0246. The second-order valence-corrected chi connectivity index (χ2v) is 4.65. The number of nitrogens with zero attached hydrogens (tertiary/aromatic N) is 2. The summed E-state index contributed by atoms with van der Waals surface area (Å²) in [5.41, 5.74) is 5.24. The van der Waals surface area contributed by atoms with E-state index in [9.17, 15) is 9.18 Å². The lowest BCUT2D eigenvalue weighted by atomic mass is 10.2. The van der Waals surface area contributed by atoms with Gasteiger partial charge in [0.2, 0.25) is 0 Å². The maximum Gasteiger partial charge on any atom is 0.254 e. The molecule has 3 N–H and O–H groups in total. The summed E-state index contributed by atoms with van der Waals surface area (Å²) in [6.45, 7) is 5.68. The first kappa shape index (κ1) is 14.7. The number of amides is 1. The second kappa shape index (κ2) is 6.62. The number of nitrogen functional groups attached to an aromatic ring is 1. The maximum absolute atomic E-state index is 13.6. The smallest absolute Gasteiger partial charge is 0.254 e. The van der Waals surface area contributed by atoms with E-state index in [2.05, 4.69) is 22.1 Å². The van der Waals surface area contributed by atoms with Crippen LogP contribution in [-0.4, -0.2) is 54.7 Å². The predicted octanol–water partition coefficient (Wildman–Crippen LogP) is 0.253. The number of nitrogens with two attached hydrogens (primary N) is 1. The molecule has 1 aliphatic heterocycles. The van der Waals surface area contributed by atoms with Crippen LogP contribution in [0.2, 0.25) is 0 Å². The minimum atomic E-state index is -0.787. The highest BCUT2D eigenvalue weighted by atomic mass is 19.1. The average Bonchev–Trinajstić information content (AvgIpc) is 2.48. The number of morpholine rings is 1. The lowest BCUT2D eigenvalue weighted by Gasteiger charge is -2.32. The van der Waals surface area contributed by atoms with E-state index >= 15 is 0 Å². The van der Waals surface area contributed by atoms with E-state index < -0.39 is 11.7 Å². The molecule has 6 nitrogen and oxygen atoms in total. The molecule has 2 rings (SSSR count). The van der Waals surface area contributed by atoms with Crippen LogP contribution >= 0.6 is 0 Å². The van der Waals surface area contributed by atoms with Crippen molar-refractivity contribution in [3.63, 3.8) is 0 Å². The minimum absolute atomic E-state index is 0.0742. The van der Waals surface area contributed by atoms with Crippen molar-refractivity contribution in [3.8, 4) is 0 Å². The first-order chi connectivity index (χ1) is 9.61. The molecule has 1 fully saturated rings. The fourth-order valence-corrected chi connectivity index (χ4v) is 2.13. The van der Waals surface area contributed by atoms with Crippen LogP contribution in [0.1, 0.15) is 17.3 Å². The number of ether oxygens (including phenoxy) is 1. The molecule has 0 aliphatic carbocycles. The molecule has 20 heavy (non-hydrogen) atoms. The number of pyridine rings is 1.